The highest BCUT2D eigenvalue weighted by Gasteiger charge is 2.14. The standard InChI is InChI=1S/C15H14FN3O3/c1-21-12-6-11(14(20)22-2)5-10(13(12)16)4-3-9-7-18-15(17)19-8-9/h3-8H,1-2H3,(H2,17,18,19)/b4-3+. The molecule has 0 spiro atoms. The number of hydrogen-bond donors (Lipinski definition) is 1. The predicted octanol–water partition coefficient (Wildman–Crippen LogP) is 2.16. The van der Waals surface area contributed by atoms with Gasteiger partial charge in [-0.1, -0.05) is 12.2 Å². The summed E-state index contributed by atoms with van der Waals surface area (Å²) >= 11 is 0. The Balaban J connectivity index is 2.40. The molecule has 0 atom stereocenters. The van der Waals surface area contributed by atoms with E-state index in [2.05, 4.69) is 14.7 Å². The maximum Gasteiger partial charge on any atom is 0.338 e. The lowest BCUT2D eigenvalue weighted by atomic mass is 10.1. The SMILES string of the molecule is COC(=O)c1cc(/C=C/c2cnc(N)nc2)c(F)c(OC)c1. The summed E-state index contributed by atoms with van der Waals surface area (Å²) in [6, 6.07) is 2.66. The van der Waals surface area contributed by atoms with E-state index in [1.165, 1.54) is 44.8 Å². The first-order valence-corrected chi connectivity index (χ1v) is 6.26. The van der Waals surface area contributed by atoms with Gasteiger partial charge in [-0.05, 0) is 12.1 Å². The molecule has 0 aliphatic heterocycles. The van der Waals surface area contributed by atoms with Crippen molar-refractivity contribution in [2.24, 2.45) is 0 Å². The smallest absolute Gasteiger partial charge is 0.338 e. The Morgan fingerprint density at radius 2 is 1.91 bits per heavy atom. The molecule has 7 heteroatoms. The van der Waals surface area contributed by atoms with Gasteiger partial charge in [-0.25, -0.2) is 19.2 Å². The summed E-state index contributed by atoms with van der Waals surface area (Å²) in [5, 5.41) is 0. The number of methoxy groups -OCH3 is 2. The van der Waals surface area contributed by atoms with Gasteiger partial charge in [-0.15, -0.1) is 0 Å². The number of hydrogen-bond acceptors (Lipinski definition) is 6. The summed E-state index contributed by atoms with van der Waals surface area (Å²) in [4.78, 5) is 19.3. The monoisotopic (exact) mass is 303 g/mol. The Bertz CT molecular complexity index is 715. The van der Waals surface area contributed by atoms with E-state index in [1.54, 1.807) is 6.08 Å². The quantitative estimate of drug-likeness (QED) is 0.871. The molecule has 22 heavy (non-hydrogen) atoms. The highest BCUT2D eigenvalue weighted by Crippen LogP contribution is 2.25. The van der Waals surface area contributed by atoms with Crippen molar-refractivity contribution >= 4 is 24.1 Å². The Kier molecular flexibility index (Phi) is 4.67. The molecule has 1 heterocycles. The average molecular weight is 303 g/mol. The number of benzene rings is 1. The molecular weight excluding hydrogens is 289 g/mol. The number of anilines is 1. The second-order valence-corrected chi connectivity index (χ2v) is 4.28. The van der Waals surface area contributed by atoms with Gasteiger partial charge in [0.15, 0.2) is 11.6 Å². The summed E-state index contributed by atoms with van der Waals surface area (Å²) in [6.07, 6.45) is 6.08. The number of aromatic nitrogens is 2. The zero-order valence-electron chi connectivity index (χ0n) is 12.0. The van der Waals surface area contributed by atoms with Gasteiger partial charge in [0.1, 0.15) is 0 Å². The summed E-state index contributed by atoms with van der Waals surface area (Å²) < 4.78 is 23.8. The Hall–Kier alpha value is -2.96. The summed E-state index contributed by atoms with van der Waals surface area (Å²) in [5.74, 6) is -1.06. The van der Waals surface area contributed by atoms with Crippen LogP contribution in [0.25, 0.3) is 12.2 Å². The molecule has 0 amide bonds. The molecule has 114 valence electrons. The second kappa shape index (κ2) is 6.66. The minimum Gasteiger partial charge on any atom is -0.494 e. The first kappa shape index (κ1) is 15.4. The van der Waals surface area contributed by atoms with Crippen LogP contribution in [0.1, 0.15) is 21.5 Å². The van der Waals surface area contributed by atoms with Gasteiger partial charge >= 0.3 is 5.97 Å². The van der Waals surface area contributed by atoms with Crippen molar-refractivity contribution in [3.8, 4) is 5.75 Å². The molecule has 2 rings (SSSR count). The van der Waals surface area contributed by atoms with Crippen molar-refractivity contribution < 1.29 is 18.7 Å². The number of nitrogens with zero attached hydrogens (tertiary/aromatic N) is 2. The van der Waals surface area contributed by atoms with E-state index in [4.69, 9.17) is 10.5 Å². The molecule has 2 N–H and O–H groups in total. The first-order chi connectivity index (χ1) is 10.5. The number of nitrogens with two attached hydrogens (primary N) is 1. The molecule has 0 aliphatic rings. The summed E-state index contributed by atoms with van der Waals surface area (Å²) in [7, 11) is 2.57. The molecule has 0 aliphatic carbocycles. The Morgan fingerprint density at radius 3 is 2.50 bits per heavy atom. The van der Waals surface area contributed by atoms with Gasteiger partial charge < -0.3 is 15.2 Å². The minimum atomic E-state index is -0.581. The van der Waals surface area contributed by atoms with Crippen LogP contribution >= 0.6 is 0 Å². The van der Waals surface area contributed by atoms with Crippen LogP contribution in [-0.2, 0) is 4.74 Å². The zero-order valence-corrected chi connectivity index (χ0v) is 12.0. The second-order valence-electron chi connectivity index (χ2n) is 4.28. The van der Waals surface area contributed by atoms with Gasteiger partial charge in [-0.2, -0.15) is 0 Å². The van der Waals surface area contributed by atoms with Crippen LogP contribution in [0.3, 0.4) is 0 Å². The van der Waals surface area contributed by atoms with Gasteiger partial charge in [0.2, 0.25) is 5.95 Å². The predicted molar refractivity (Wildman–Crippen MR) is 79.7 cm³/mol. The molecule has 2 aromatic rings. The van der Waals surface area contributed by atoms with E-state index in [0.717, 1.165) is 0 Å². The normalized spacial score (nSPS) is 10.7. The molecule has 0 saturated carbocycles. The topological polar surface area (TPSA) is 87.3 Å². The van der Waals surface area contributed by atoms with E-state index < -0.39 is 11.8 Å². The van der Waals surface area contributed by atoms with E-state index in [9.17, 15) is 9.18 Å². The average Bonchev–Trinajstić information content (AvgIpc) is 2.54. The minimum absolute atomic E-state index is 0.0453. The number of nitrogen functional groups attached to an aromatic ring is 1. The molecule has 0 fully saturated rings. The fourth-order valence-electron chi connectivity index (χ4n) is 1.75. The number of ether oxygens (including phenoxy) is 2. The highest BCUT2D eigenvalue weighted by molar-refractivity contribution is 5.91. The Morgan fingerprint density at radius 1 is 1.23 bits per heavy atom. The summed E-state index contributed by atoms with van der Waals surface area (Å²) in [6.45, 7) is 0. The van der Waals surface area contributed by atoms with Crippen LogP contribution in [0.4, 0.5) is 10.3 Å². The van der Waals surface area contributed by atoms with Crippen molar-refractivity contribution in [1.82, 2.24) is 9.97 Å². The maximum atomic E-state index is 14.2. The third-order valence-corrected chi connectivity index (χ3v) is 2.86. The van der Waals surface area contributed by atoms with Crippen molar-refractivity contribution in [1.29, 1.82) is 0 Å². The number of esters is 1. The van der Waals surface area contributed by atoms with Crippen LogP contribution in [0.5, 0.6) is 5.75 Å². The highest BCUT2D eigenvalue weighted by atomic mass is 19.1. The molecule has 0 unspecified atom stereocenters. The lowest BCUT2D eigenvalue weighted by Gasteiger charge is -2.08. The van der Waals surface area contributed by atoms with E-state index >= 15 is 0 Å². The van der Waals surface area contributed by atoms with Crippen molar-refractivity contribution in [3.63, 3.8) is 0 Å². The van der Waals surface area contributed by atoms with Crippen molar-refractivity contribution in [2.75, 3.05) is 20.0 Å². The molecule has 0 bridgehead atoms. The molecule has 1 aromatic carbocycles. The number of halogens is 1. The van der Waals surface area contributed by atoms with Gasteiger partial charge in [0, 0.05) is 23.5 Å². The van der Waals surface area contributed by atoms with Crippen LogP contribution in [0.2, 0.25) is 0 Å². The molecule has 0 saturated heterocycles. The summed E-state index contributed by atoms with van der Waals surface area (Å²) in [5.41, 5.74) is 6.39. The number of rotatable bonds is 4. The molecule has 0 radical (unpaired) electrons. The van der Waals surface area contributed by atoms with E-state index in [-0.39, 0.29) is 22.8 Å². The van der Waals surface area contributed by atoms with E-state index in [1.807, 2.05) is 0 Å². The van der Waals surface area contributed by atoms with Crippen molar-refractivity contribution in [3.05, 3.63) is 47.0 Å². The van der Waals surface area contributed by atoms with Crippen LogP contribution in [-0.4, -0.2) is 30.2 Å². The van der Waals surface area contributed by atoms with Crippen LogP contribution in [0.15, 0.2) is 24.5 Å². The largest absolute Gasteiger partial charge is 0.494 e. The number of carbonyl (C=O) groups is 1. The third kappa shape index (κ3) is 3.38. The van der Waals surface area contributed by atoms with Gasteiger partial charge in [-0.3, -0.25) is 0 Å². The number of carbonyl (C=O) groups excluding carboxylic acids is 1. The lowest BCUT2D eigenvalue weighted by Crippen LogP contribution is -2.03. The van der Waals surface area contributed by atoms with E-state index in [0.29, 0.717) is 5.56 Å². The van der Waals surface area contributed by atoms with Crippen molar-refractivity contribution in [2.45, 2.75) is 0 Å². The lowest BCUT2D eigenvalue weighted by molar-refractivity contribution is 0.0600. The third-order valence-electron chi connectivity index (χ3n) is 2.86. The molecular formula is C15H14FN3O3. The van der Waals surface area contributed by atoms with Crippen LogP contribution in [0, 0.1) is 5.82 Å². The first-order valence-electron chi connectivity index (χ1n) is 6.26. The molecule has 1 aromatic heterocycles. The van der Waals surface area contributed by atoms with Crippen LogP contribution < -0.4 is 10.5 Å². The fourth-order valence-corrected chi connectivity index (χ4v) is 1.75. The zero-order chi connectivity index (χ0) is 16.1. The maximum absolute atomic E-state index is 14.2. The Labute approximate surface area is 126 Å². The van der Waals surface area contributed by atoms with Gasteiger partial charge in [0.25, 0.3) is 0 Å². The van der Waals surface area contributed by atoms with Gasteiger partial charge in [0.05, 0.1) is 19.8 Å². The fraction of sp³-hybridized carbons (Fsp3) is 0.133. The molecule has 6 nitrogen and oxygen atoms in total.